The van der Waals surface area contributed by atoms with E-state index in [0.717, 1.165) is 18.4 Å². The summed E-state index contributed by atoms with van der Waals surface area (Å²) in [6, 6.07) is 18.1. The van der Waals surface area contributed by atoms with E-state index in [-0.39, 0.29) is 11.2 Å². The van der Waals surface area contributed by atoms with Gasteiger partial charge in [-0.1, -0.05) is 42.0 Å². The van der Waals surface area contributed by atoms with E-state index in [9.17, 15) is 4.39 Å². The third-order valence-corrected chi connectivity index (χ3v) is 5.81. The van der Waals surface area contributed by atoms with Crippen LogP contribution < -0.4 is 4.74 Å². The van der Waals surface area contributed by atoms with Crippen molar-refractivity contribution in [3.63, 3.8) is 0 Å². The predicted octanol–water partition coefficient (Wildman–Crippen LogP) is 5.80. The zero-order chi connectivity index (χ0) is 20.7. The highest BCUT2D eigenvalue weighted by Crippen LogP contribution is 2.53. The highest BCUT2D eigenvalue weighted by molar-refractivity contribution is 5.57. The Balaban J connectivity index is 1.35. The van der Waals surface area contributed by atoms with Gasteiger partial charge in [0.05, 0.1) is 18.1 Å². The molecule has 0 unspecified atom stereocenters. The van der Waals surface area contributed by atoms with Crippen molar-refractivity contribution >= 4 is 0 Å². The fourth-order valence-corrected chi connectivity index (χ4v) is 3.92. The zero-order valence-electron chi connectivity index (χ0n) is 17.0. The topological polar surface area (TPSA) is 39.9 Å². The van der Waals surface area contributed by atoms with Crippen molar-refractivity contribution in [2.24, 2.45) is 7.05 Å². The summed E-state index contributed by atoms with van der Waals surface area (Å²) >= 11 is 0. The number of hydrogen-bond acceptors (Lipinski definition) is 3. The molecule has 2 heterocycles. The van der Waals surface area contributed by atoms with Crippen LogP contribution in [0.25, 0.3) is 11.3 Å². The largest absolute Gasteiger partial charge is 0.453 e. The number of pyridine rings is 1. The van der Waals surface area contributed by atoms with E-state index in [1.165, 1.54) is 29.0 Å². The molecule has 1 saturated carbocycles. The molecule has 1 aliphatic carbocycles. The minimum absolute atomic E-state index is 0.102. The lowest BCUT2D eigenvalue weighted by Crippen LogP contribution is -2.08. The molecular formula is C25H22FN3O. The summed E-state index contributed by atoms with van der Waals surface area (Å²) in [7, 11) is 1.81. The molecule has 4 aromatic rings. The molecule has 1 aliphatic rings. The van der Waals surface area contributed by atoms with Crippen LogP contribution in [0, 0.1) is 12.7 Å². The maximum absolute atomic E-state index is 14.6. The first-order valence-electron chi connectivity index (χ1n) is 10.0. The van der Waals surface area contributed by atoms with Crippen molar-refractivity contribution in [3.8, 4) is 22.8 Å². The molecule has 150 valence electrons. The summed E-state index contributed by atoms with van der Waals surface area (Å²) in [6.45, 7) is 2.10. The maximum atomic E-state index is 14.6. The highest BCUT2D eigenvalue weighted by atomic mass is 19.1. The highest BCUT2D eigenvalue weighted by Gasteiger charge is 2.45. The molecule has 0 bridgehead atoms. The van der Waals surface area contributed by atoms with Gasteiger partial charge in [-0.15, -0.1) is 0 Å². The van der Waals surface area contributed by atoms with Crippen molar-refractivity contribution in [1.29, 1.82) is 0 Å². The number of rotatable bonds is 5. The third-order valence-electron chi connectivity index (χ3n) is 5.81. The van der Waals surface area contributed by atoms with E-state index in [2.05, 4.69) is 53.4 Å². The monoisotopic (exact) mass is 399 g/mol. The number of nitrogens with zero attached hydrogens (tertiary/aromatic N) is 3. The van der Waals surface area contributed by atoms with Gasteiger partial charge in [0.25, 0.3) is 0 Å². The Kier molecular flexibility index (Phi) is 4.39. The van der Waals surface area contributed by atoms with Crippen LogP contribution in [0.2, 0.25) is 0 Å². The molecule has 4 nitrogen and oxygen atoms in total. The number of aryl methyl sites for hydroxylation is 2. The summed E-state index contributed by atoms with van der Waals surface area (Å²) in [5.41, 5.74) is 5.27. The molecule has 2 aromatic carbocycles. The average Bonchev–Trinajstić information content (AvgIpc) is 3.45. The lowest BCUT2D eigenvalue weighted by atomic mass is 9.88. The third kappa shape index (κ3) is 3.36. The number of hydrogen-bond donors (Lipinski definition) is 0. The zero-order valence-corrected chi connectivity index (χ0v) is 17.0. The van der Waals surface area contributed by atoms with Gasteiger partial charge in [0.15, 0.2) is 11.6 Å². The van der Waals surface area contributed by atoms with Crippen LogP contribution in [0.4, 0.5) is 4.39 Å². The second kappa shape index (κ2) is 7.10. The van der Waals surface area contributed by atoms with Crippen LogP contribution in [0.1, 0.15) is 29.5 Å². The minimum atomic E-state index is -0.453. The summed E-state index contributed by atoms with van der Waals surface area (Å²) in [5.74, 6) is 0.245. The fraction of sp³-hybridized carbons (Fsp3) is 0.200. The minimum Gasteiger partial charge on any atom is -0.453 e. The van der Waals surface area contributed by atoms with Gasteiger partial charge in [0.2, 0.25) is 0 Å². The summed E-state index contributed by atoms with van der Waals surface area (Å²) in [6.07, 6.45) is 7.15. The van der Waals surface area contributed by atoms with Crippen molar-refractivity contribution < 1.29 is 9.13 Å². The molecule has 5 heteroatoms. The molecule has 2 aromatic heterocycles. The van der Waals surface area contributed by atoms with Crippen molar-refractivity contribution in [1.82, 2.24) is 14.8 Å². The maximum Gasteiger partial charge on any atom is 0.181 e. The van der Waals surface area contributed by atoms with Crippen LogP contribution >= 0.6 is 0 Å². The molecular weight excluding hydrogens is 377 g/mol. The van der Waals surface area contributed by atoms with Gasteiger partial charge in [0.1, 0.15) is 5.75 Å². The Morgan fingerprint density at radius 1 is 0.967 bits per heavy atom. The summed E-state index contributed by atoms with van der Waals surface area (Å²) in [4.78, 5) is 4.31. The van der Waals surface area contributed by atoms with Gasteiger partial charge in [0, 0.05) is 30.3 Å². The number of ether oxygens (including phenoxy) is 1. The molecule has 5 rings (SSSR count). The summed E-state index contributed by atoms with van der Waals surface area (Å²) in [5, 5.41) is 4.09. The molecule has 1 fully saturated rings. The fourth-order valence-electron chi connectivity index (χ4n) is 3.92. The van der Waals surface area contributed by atoms with Gasteiger partial charge >= 0.3 is 0 Å². The van der Waals surface area contributed by atoms with E-state index >= 15 is 0 Å². The Bertz CT molecular complexity index is 1190. The standard InChI is InChI=1S/C25H22FN3O/c1-17-3-5-19(6-4-17)25(11-12-25)20-7-9-21(10-8-20)30-24-15-27-23(13-22(24)26)18-14-28-29(2)16-18/h3-10,13-16H,11-12H2,1-2H3. The normalized spacial score (nSPS) is 14.5. The first-order chi connectivity index (χ1) is 14.5. The van der Waals surface area contributed by atoms with Crippen LogP contribution in [-0.2, 0) is 12.5 Å². The Labute approximate surface area is 175 Å². The predicted molar refractivity (Wildman–Crippen MR) is 114 cm³/mol. The Morgan fingerprint density at radius 3 is 2.20 bits per heavy atom. The van der Waals surface area contributed by atoms with E-state index in [1.807, 2.05) is 19.2 Å². The first kappa shape index (κ1) is 18.6. The molecule has 0 saturated heterocycles. The number of benzene rings is 2. The van der Waals surface area contributed by atoms with Crippen molar-refractivity contribution in [3.05, 3.63) is 95.7 Å². The molecule has 0 spiro atoms. The van der Waals surface area contributed by atoms with E-state index in [0.29, 0.717) is 11.4 Å². The molecule has 0 N–H and O–H groups in total. The van der Waals surface area contributed by atoms with Crippen molar-refractivity contribution in [2.75, 3.05) is 0 Å². The van der Waals surface area contributed by atoms with Crippen LogP contribution in [-0.4, -0.2) is 14.8 Å². The summed E-state index contributed by atoms with van der Waals surface area (Å²) < 4.78 is 22.0. The SMILES string of the molecule is Cc1ccc(C2(c3ccc(Oc4cnc(-c5cnn(C)c5)cc4F)cc3)CC2)cc1. The second-order valence-corrected chi connectivity index (χ2v) is 7.98. The van der Waals surface area contributed by atoms with Crippen molar-refractivity contribution in [2.45, 2.75) is 25.2 Å². The molecule has 0 amide bonds. The van der Waals surface area contributed by atoms with Gasteiger partial charge in [-0.05, 0) is 43.0 Å². The molecule has 0 radical (unpaired) electrons. The van der Waals surface area contributed by atoms with Crippen LogP contribution in [0.5, 0.6) is 11.5 Å². The van der Waals surface area contributed by atoms with Gasteiger partial charge in [-0.25, -0.2) is 4.39 Å². The lowest BCUT2D eigenvalue weighted by molar-refractivity contribution is 0.439. The molecule has 0 atom stereocenters. The number of aromatic nitrogens is 3. The van der Waals surface area contributed by atoms with E-state index < -0.39 is 5.82 Å². The quantitative estimate of drug-likeness (QED) is 0.426. The lowest BCUT2D eigenvalue weighted by Gasteiger charge is -2.17. The van der Waals surface area contributed by atoms with Crippen LogP contribution in [0.15, 0.2) is 73.2 Å². The molecule has 0 aliphatic heterocycles. The Hall–Kier alpha value is -3.47. The van der Waals surface area contributed by atoms with E-state index in [4.69, 9.17) is 4.74 Å². The molecule has 30 heavy (non-hydrogen) atoms. The first-order valence-corrected chi connectivity index (χ1v) is 10.0. The average molecular weight is 399 g/mol. The van der Waals surface area contributed by atoms with Gasteiger partial charge in [-0.3, -0.25) is 9.67 Å². The number of halogens is 1. The van der Waals surface area contributed by atoms with Crippen LogP contribution in [0.3, 0.4) is 0 Å². The second-order valence-electron chi connectivity index (χ2n) is 7.98. The van der Waals surface area contributed by atoms with Gasteiger partial charge < -0.3 is 4.74 Å². The Morgan fingerprint density at radius 2 is 1.63 bits per heavy atom. The van der Waals surface area contributed by atoms with E-state index in [1.54, 1.807) is 17.1 Å². The van der Waals surface area contributed by atoms with Gasteiger partial charge in [-0.2, -0.15) is 5.10 Å². The smallest absolute Gasteiger partial charge is 0.181 e.